The zero-order valence-corrected chi connectivity index (χ0v) is 16.5. The van der Waals surface area contributed by atoms with E-state index < -0.39 is 0 Å². The summed E-state index contributed by atoms with van der Waals surface area (Å²) in [5.41, 5.74) is 2.18. The van der Waals surface area contributed by atoms with Gasteiger partial charge in [-0.15, -0.1) is 0 Å². The van der Waals surface area contributed by atoms with E-state index in [1.165, 1.54) is 0 Å². The number of aryl methyl sites for hydroxylation is 1. The van der Waals surface area contributed by atoms with E-state index in [1.54, 1.807) is 0 Å². The number of nitrogens with one attached hydrogen (secondary N) is 2. The van der Waals surface area contributed by atoms with Crippen LogP contribution >= 0.6 is 0 Å². The molecule has 0 atom stereocenters. The number of likely N-dealkylation sites (tertiary alicyclic amines) is 1. The smallest absolute Gasteiger partial charge is 0.191 e. The number of piperidine rings is 1. The molecule has 1 fully saturated rings. The van der Waals surface area contributed by atoms with Gasteiger partial charge in [0.2, 0.25) is 0 Å². The third-order valence-corrected chi connectivity index (χ3v) is 5.20. The van der Waals surface area contributed by atoms with Crippen molar-refractivity contribution in [2.75, 3.05) is 19.6 Å². The Balaban J connectivity index is 1.64. The van der Waals surface area contributed by atoms with E-state index >= 15 is 0 Å². The number of aliphatic imine (C=N–C) groups is 1. The van der Waals surface area contributed by atoms with Crippen molar-refractivity contribution >= 4 is 17.0 Å². The number of rotatable bonds is 5. The van der Waals surface area contributed by atoms with Gasteiger partial charge in [0.05, 0.1) is 11.0 Å². The van der Waals surface area contributed by atoms with Crippen molar-refractivity contribution in [3.05, 3.63) is 30.1 Å². The number of para-hydroxylation sites is 2. The van der Waals surface area contributed by atoms with Crippen molar-refractivity contribution in [1.29, 1.82) is 0 Å². The van der Waals surface area contributed by atoms with E-state index in [9.17, 15) is 0 Å². The predicted molar refractivity (Wildman–Crippen MR) is 108 cm³/mol. The average Bonchev–Trinajstić information content (AvgIpc) is 2.96. The number of benzene rings is 1. The average molecular weight is 357 g/mol. The Bertz CT molecular complexity index is 740. The first-order chi connectivity index (χ1) is 12.6. The Kier molecular flexibility index (Phi) is 6.14. The van der Waals surface area contributed by atoms with Crippen LogP contribution in [0.2, 0.25) is 0 Å². The maximum Gasteiger partial charge on any atom is 0.191 e. The first-order valence-electron chi connectivity index (χ1n) is 9.77. The second-order valence-electron chi connectivity index (χ2n) is 7.32. The number of aromatic nitrogens is 2. The molecule has 0 amide bonds. The van der Waals surface area contributed by atoms with Gasteiger partial charge >= 0.3 is 0 Å². The Morgan fingerprint density at radius 3 is 2.65 bits per heavy atom. The van der Waals surface area contributed by atoms with Crippen molar-refractivity contribution < 1.29 is 0 Å². The van der Waals surface area contributed by atoms with Gasteiger partial charge in [0.25, 0.3) is 0 Å². The molecular weight excluding hydrogens is 324 g/mol. The molecule has 1 saturated heterocycles. The largest absolute Gasteiger partial charge is 0.357 e. The highest BCUT2D eigenvalue weighted by Crippen LogP contribution is 2.15. The number of guanidine groups is 1. The van der Waals surface area contributed by atoms with Gasteiger partial charge in [-0.05, 0) is 45.7 Å². The third kappa shape index (κ3) is 4.36. The second-order valence-corrected chi connectivity index (χ2v) is 7.32. The second kappa shape index (κ2) is 8.54. The highest BCUT2D eigenvalue weighted by atomic mass is 15.2. The quantitative estimate of drug-likeness (QED) is 0.638. The first kappa shape index (κ1) is 18.7. The summed E-state index contributed by atoms with van der Waals surface area (Å²) in [6.07, 6.45) is 2.32. The molecule has 1 aliphatic rings. The van der Waals surface area contributed by atoms with Crippen LogP contribution in [0.4, 0.5) is 0 Å². The number of fused-ring (bicyclic) bond motifs is 1. The van der Waals surface area contributed by atoms with Crippen molar-refractivity contribution in [3.63, 3.8) is 0 Å². The minimum absolute atomic E-state index is 0.489. The lowest BCUT2D eigenvalue weighted by Crippen LogP contribution is -2.49. The zero-order chi connectivity index (χ0) is 18.5. The molecule has 26 heavy (non-hydrogen) atoms. The van der Waals surface area contributed by atoms with Crippen LogP contribution in [0, 0.1) is 0 Å². The molecule has 6 heteroatoms. The Labute approximate surface area is 156 Å². The highest BCUT2D eigenvalue weighted by molar-refractivity contribution is 5.80. The summed E-state index contributed by atoms with van der Waals surface area (Å²) < 4.78 is 2.13. The highest BCUT2D eigenvalue weighted by Gasteiger charge is 2.21. The molecule has 0 spiro atoms. The summed E-state index contributed by atoms with van der Waals surface area (Å²) in [7, 11) is 2.06. The molecule has 2 N–H and O–H groups in total. The van der Waals surface area contributed by atoms with Crippen molar-refractivity contribution in [1.82, 2.24) is 25.1 Å². The topological polar surface area (TPSA) is 57.5 Å². The van der Waals surface area contributed by atoms with Gasteiger partial charge in [-0.1, -0.05) is 12.1 Å². The fourth-order valence-corrected chi connectivity index (χ4v) is 3.56. The molecule has 3 rings (SSSR count). The van der Waals surface area contributed by atoms with Crippen LogP contribution in [-0.4, -0.2) is 52.1 Å². The Hall–Kier alpha value is -2.08. The van der Waals surface area contributed by atoms with E-state index in [0.717, 1.165) is 55.3 Å². The molecule has 6 nitrogen and oxygen atoms in total. The van der Waals surface area contributed by atoms with Gasteiger partial charge in [0.15, 0.2) is 5.96 Å². The molecule has 142 valence electrons. The van der Waals surface area contributed by atoms with Crippen molar-refractivity contribution in [2.45, 2.75) is 52.2 Å². The van der Waals surface area contributed by atoms with Crippen LogP contribution in [-0.2, 0) is 13.6 Å². The molecule has 0 radical (unpaired) electrons. The summed E-state index contributed by atoms with van der Waals surface area (Å²) in [5.74, 6) is 1.88. The van der Waals surface area contributed by atoms with E-state index in [-0.39, 0.29) is 0 Å². The minimum atomic E-state index is 0.489. The standard InChI is InChI=1S/C20H32N6/c1-5-21-20(23-16-10-12-26(13-11-16)15(2)3)22-14-19-24-17-8-6-7-9-18(17)25(19)4/h6-9,15-16H,5,10-14H2,1-4H3,(H2,21,22,23). The van der Waals surface area contributed by atoms with Gasteiger partial charge in [0, 0.05) is 38.8 Å². The van der Waals surface area contributed by atoms with E-state index in [2.05, 4.69) is 60.1 Å². The van der Waals surface area contributed by atoms with Crippen LogP contribution in [0.5, 0.6) is 0 Å². The molecule has 0 bridgehead atoms. The Morgan fingerprint density at radius 2 is 2.00 bits per heavy atom. The fraction of sp³-hybridized carbons (Fsp3) is 0.600. The summed E-state index contributed by atoms with van der Waals surface area (Å²) in [4.78, 5) is 12.0. The Morgan fingerprint density at radius 1 is 1.27 bits per heavy atom. The van der Waals surface area contributed by atoms with E-state index in [1.807, 2.05) is 12.1 Å². The van der Waals surface area contributed by atoms with Gasteiger partial charge in [0.1, 0.15) is 12.4 Å². The molecule has 2 heterocycles. The summed E-state index contributed by atoms with van der Waals surface area (Å²) >= 11 is 0. The molecule has 1 aromatic carbocycles. The van der Waals surface area contributed by atoms with E-state index in [4.69, 9.17) is 9.98 Å². The monoisotopic (exact) mass is 356 g/mol. The maximum atomic E-state index is 4.79. The SMILES string of the molecule is CCNC(=NCc1nc2ccccc2n1C)NC1CCN(C(C)C)CC1. The van der Waals surface area contributed by atoms with Crippen molar-refractivity contribution in [2.24, 2.45) is 12.0 Å². The van der Waals surface area contributed by atoms with Gasteiger partial charge < -0.3 is 20.1 Å². The van der Waals surface area contributed by atoms with Crippen LogP contribution < -0.4 is 10.6 Å². The van der Waals surface area contributed by atoms with Crippen LogP contribution in [0.3, 0.4) is 0 Å². The molecule has 0 aliphatic carbocycles. The third-order valence-electron chi connectivity index (χ3n) is 5.20. The lowest BCUT2D eigenvalue weighted by Gasteiger charge is -2.35. The van der Waals surface area contributed by atoms with Gasteiger partial charge in [-0.25, -0.2) is 9.98 Å². The van der Waals surface area contributed by atoms with Crippen molar-refractivity contribution in [3.8, 4) is 0 Å². The lowest BCUT2D eigenvalue weighted by molar-refractivity contribution is 0.167. The summed E-state index contributed by atoms with van der Waals surface area (Å²) in [6.45, 7) is 10.4. The molecule has 2 aromatic rings. The molecule has 0 unspecified atom stereocenters. The number of hydrogen-bond donors (Lipinski definition) is 2. The van der Waals surface area contributed by atoms with Crippen LogP contribution in [0.1, 0.15) is 39.4 Å². The maximum absolute atomic E-state index is 4.79. The van der Waals surface area contributed by atoms with Crippen LogP contribution in [0.15, 0.2) is 29.3 Å². The zero-order valence-electron chi connectivity index (χ0n) is 16.5. The number of imidazole rings is 1. The molecule has 1 aliphatic heterocycles. The van der Waals surface area contributed by atoms with Gasteiger partial charge in [-0.3, -0.25) is 0 Å². The molecular formula is C20H32N6. The fourth-order valence-electron chi connectivity index (χ4n) is 3.56. The minimum Gasteiger partial charge on any atom is -0.357 e. The molecule has 1 aromatic heterocycles. The predicted octanol–water partition coefficient (Wildman–Crippen LogP) is 2.50. The lowest BCUT2D eigenvalue weighted by atomic mass is 10.0. The van der Waals surface area contributed by atoms with Crippen LogP contribution in [0.25, 0.3) is 11.0 Å². The van der Waals surface area contributed by atoms with Gasteiger partial charge in [-0.2, -0.15) is 0 Å². The number of nitrogens with zero attached hydrogens (tertiary/aromatic N) is 4. The number of hydrogen-bond acceptors (Lipinski definition) is 3. The normalized spacial score (nSPS) is 17.2. The summed E-state index contributed by atoms with van der Waals surface area (Å²) in [5, 5.41) is 6.99. The van der Waals surface area contributed by atoms with E-state index in [0.29, 0.717) is 18.6 Å². The first-order valence-corrected chi connectivity index (χ1v) is 9.77. The molecule has 0 saturated carbocycles. The summed E-state index contributed by atoms with van der Waals surface area (Å²) in [6, 6.07) is 9.35.